The van der Waals surface area contributed by atoms with E-state index < -0.39 is 0 Å². The van der Waals surface area contributed by atoms with Crippen LogP contribution in [0.25, 0.3) is 0 Å². The van der Waals surface area contributed by atoms with Crippen LogP contribution in [0.4, 0.5) is 0 Å². The van der Waals surface area contributed by atoms with Crippen LogP contribution in [0.5, 0.6) is 5.75 Å². The van der Waals surface area contributed by atoms with Crippen molar-refractivity contribution >= 4 is 0 Å². The lowest BCUT2D eigenvalue weighted by atomic mass is 10.0. The highest BCUT2D eigenvalue weighted by Gasteiger charge is 2.12. The third-order valence-corrected chi connectivity index (χ3v) is 3.43. The van der Waals surface area contributed by atoms with Gasteiger partial charge in [0.05, 0.1) is 7.11 Å². The van der Waals surface area contributed by atoms with E-state index in [1.807, 2.05) is 12.1 Å². The molecule has 0 aliphatic rings. The highest BCUT2D eigenvalue weighted by Crippen LogP contribution is 2.20. The molecule has 0 saturated carbocycles. The molecule has 0 bridgehead atoms. The van der Waals surface area contributed by atoms with Gasteiger partial charge in [0.25, 0.3) is 0 Å². The summed E-state index contributed by atoms with van der Waals surface area (Å²) in [7, 11) is 3.91. The second-order valence-electron chi connectivity index (χ2n) is 4.84. The van der Waals surface area contributed by atoms with Crippen LogP contribution < -0.4 is 10.5 Å². The zero-order valence-electron chi connectivity index (χ0n) is 11.9. The van der Waals surface area contributed by atoms with Gasteiger partial charge in [0, 0.05) is 6.04 Å². The summed E-state index contributed by atoms with van der Waals surface area (Å²) in [6, 6.07) is 8.76. The second kappa shape index (κ2) is 8.11. The average Bonchev–Trinajstić information content (AvgIpc) is 2.39. The average molecular weight is 250 g/mol. The summed E-state index contributed by atoms with van der Waals surface area (Å²) in [4.78, 5) is 2.39. The first-order valence-corrected chi connectivity index (χ1v) is 6.71. The van der Waals surface area contributed by atoms with Crippen LogP contribution in [0.15, 0.2) is 24.3 Å². The maximum absolute atomic E-state index is 5.52. The normalized spacial score (nSPS) is 12.7. The number of hydrogen-bond donors (Lipinski definition) is 1. The number of para-hydroxylation sites is 1. The smallest absolute Gasteiger partial charge is 0.122 e. The molecule has 0 aliphatic carbocycles. The van der Waals surface area contributed by atoms with Gasteiger partial charge in [-0.25, -0.2) is 0 Å². The third-order valence-electron chi connectivity index (χ3n) is 3.43. The van der Waals surface area contributed by atoms with Gasteiger partial charge >= 0.3 is 0 Å². The van der Waals surface area contributed by atoms with Gasteiger partial charge in [-0.05, 0) is 58.0 Å². The predicted octanol–water partition coefficient (Wildman–Crippen LogP) is 2.30. The van der Waals surface area contributed by atoms with E-state index in [1.165, 1.54) is 12.0 Å². The third kappa shape index (κ3) is 4.67. The second-order valence-corrected chi connectivity index (χ2v) is 4.84. The first kappa shape index (κ1) is 15.0. The molecule has 0 saturated heterocycles. The number of benzene rings is 1. The van der Waals surface area contributed by atoms with E-state index in [0.717, 1.165) is 31.7 Å². The van der Waals surface area contributed by atoms with Crippen molar-refractivity contribution < 1.29 is 4.74 Å². The van der Waals surface area contributed by atoms with Gasteiger partial charge in [0.1, 0.15) is 5.75 Å². The molecular formula is C15H26N2O. The van der Waals surface area contributed by atoms with Crippen LogP contribution in [0.3, 0.4) is 0 Å². The maximum Gasteiger partial charge on any atom is 0.122 e. The van der Waals surface area contributed by atoms with Gasteiger partial charge < -0.3 is 15.4 Å². The number of hydrogen-bond acceptors (Lipinski definition) is 3. The summed E-state index contributed by atoms with van der Waals surface area (Å²) in [5.41, 5.74) is 6.79. The van der Waals surface area contributed by atoms with Crippen molar-refractivity contribution in [1.82, 2.24) is 4.90 Å². The molecule has 1 unspecified atom stereocenters. The summed E-state index contributed by atoms with van der Waals surface area (Å²) in [6.45, 7) is 4.15. The van der Waals surface area contributed by atoms with Crippen LogP contribution in [0, 0.1) is 0 Å². The van der Waals surface area contributed by atoms with E-state index in [-0.39, 0.29) is 0 Å². The number of nitrogens with two attached hydrogens (primary N) is 1. The molecule has 3 heteroatoms. The van der Waals surface area contributed by atoms with Crippen LogP contribution in [0.1, 0.15) is 25.3 Å². The van der Waals surface area contributed by atoms with Crippen molar-refractivity contribution in [3.05, 3.63) is 29.8 Å². The van der Waals surface area contributed by atoms with E-state index in [9.17, 15) is 0 Å². The van der Waals surface area contributed by atoms with Gasteiger partial charge in [-0.3, -0.25) is 0 Å². The Morgan fingerprint density at radius 2 is 2.00 bits per heavy atom. The lowest BCUT2D eigenvalue weighted by Crippen LogP contribution is -2.32. The molecule has 0 fully saturated rings. The molecule has 1 rings (SSSR count). The molecule has 0 spiro atoms. The summed E-state index contributed by atoms with van der Waals surface area (Å²) >= 11 is 0. The zero-order valence-corrected chi connectivity index (χ0v) is 11.9. The number of likely N-dealkylation sites (N-methyl/N-ethyl adjacent to an activating group) is 1. The van der Waals surface area contributed by atoms with Crippen LogP contribution in [0.2, 0.25) is 0 Å². The molecule has 0 heterocycles. The fourth-order valence-corrected chi connectivity index (χ4v) is 2.07. The molecule has 0 aliphatic heterocycles. The molecular weight excluding hydrogens is 224 g/mol. The van der Waals surface area contributed by atoms with E-state index in [0.29, 0.717) is 6.04 Å². The minimum atomic E-state index is 0.513. The number of ether oxygens (including phenoxy) is 1. The zero-order chi connectivity index (χ0) is 13.4. The summed E-state index contributed by atoms with van der Waals surface area (Å²) < 4.78 is 5.39. The highest BCUT2D eigenvalue weighted by atomic mass is 16.5. The fourth-order valence-electron chi connectivity index (χ4n) is 2.07. The predicted molar refractivity (Wildman–Crippen MR) is 77.1 cm³/mol. The Bertz CT molecular complexity index is 341. The molecule has 2 N–H and O–H groups in total. The van der Waals surface area contributed by atoms with E-state index >= 15 is 0 Å². The number of unbranched alkanes of at least 4 members (excludes halogenated alkanes) is 1. The van der Waals surface area contributed by atoms with E-state index in [2.05, 4.69) is 31.0 Å². The van der Waals surface area contributed by atoms with Crippen molar-refractivity contribution in [3.63, 3.8) is 0 Å². The molecule has 1 aromatic rings. The molecule has 18 heavy (non-hydrogen) atoms. The number of rotatable bonds is 8. The Morgan fingerprint density at radius 1 is 1.28 bits per heavy atom. The molecule has 0 amide bonds. The number of nitrogens with zero attached hydrogens (tertiary/aromatic N) is 1. The van der Waals surface area contributed by atoms with Crippen molar-refractivity contribution in [3.8, 4) is 5.75 Å². The van der Waals surface area contributed by atoms with Crippen molar-refractivity contribution in [2.75, 3.05) is 27.2 Å². The SMILES string of the molecule is COc1ccccc1CC(C)N(C)CCCCN. The summed E-state index contributed by atoms with van der Waals surface area (Å²) in [5.74, 6) is 0.986. The standard InChI is InChI=1S/C15H26N2O/c1-13(17(2)11-7-6-10-16)12-14-8-4-5-9-15(14)18-3/h4-5,8-9,13H,6-7,10-12,16H2,1-3H3. The minimum absolute atomic E-state index is 0.513. The minimum Gasteiger partial charge on any atom is -0.496 e. The molecule has 3 nitrogen and oxygen atoms in total. The molecule has 0 radical (unpaired) electrons. The molecule has 1 atom stereocenters. The summed E-state index contributed by atoms with van der Waals surface area (Å²) in [6.07, 6.45) is 3.29. The van der Waals surface area contributed by atoms with Gasteiger partial charge in [0.15, 0.2) is 0 Å². The Morgan fingerprint density at radius 3 is 2.67 bits per heavy atom. The maximum atomic E-state index is 5.52. The summed E-state index contributed by atoms with van der Waals surface area (Å²) in [5, 5.41) is 0. The van der Waals surface area contributed by atoms with Crippen LogP contribution >= 0.6 is 0 Å². The van der Waals surface area contributed by atoms with Gasteiger partial charge in [-0.1, -0.05) is 18.2 Å². The van der Waals surface area contributed by atoms with Crippen molar-refractivity contribution in [1.29, 1.82) is 0 Å². The number of methoxy groups -OCH3 is 1. The highest BCUT2D eigenvalue weighted by molar-refractivity contribution is 5.33. The Kier molecular flexibility index (Phi) is 6.76. The van der Waals surface area contributed by atoms with E-state index in [4.69, 9.17) is 10.5 Å². The Labute approximate surface area is 111 Å². The molecule has 1 aromatic carbocycles. The topological polar surface area (TPSA) is 38.5 Å². The molecule has 102 valence electrons. The van der Waals surface area contributed by atoms with Gasteiger partial charge in [-0.2, -0.15) is 0 Å². The monoisotopic (exact) mass is 250 g/mol. The van der Waals surface area contributed by atoms with Crippen LogP contribution in [-0.4, -0.2) is 38.2 Å². The molecule has 0 aromatic heterocycles. The lowest BCUT2D eigenvalue weighted by molar-refractivity contribution is 0.250. The quantitative estimate of drug-likeness (QED) is 0.719. The van der Waals surface area contributed by atoms with Gasteiger partial charge in [-0.15, -0.1) is 0 Å². The Balaban J connectivity index is 2.50. The largest absolute Gasteiger partial charge is 0.496 e. The van der Waals surface area contributed by atoms with E-state index in [1.54, 1.807) is 7.11 Å². The Hall–Kier alpha value is -1.06. The van der Waals surface area contributed by atoms with Crippen molar-refractivity contribution in [2.45, 2.75) is 32.2 Å². The fraction of sp³-hybridized carbons (Fsp3) is 0.600. The van der Waals surface area contributed by atoms with Gasteiger partial charge in [0.2, 0.25) is 0 Å². The first-order chi connectivity index (χ1) is 8.69. The van der Waals surface area contributed by atoms with Crippen molar-refractivity contribution in [2.24, 2.45) is 5.73 Å². The van der Waals surface area contributed by atoms with Crippen LogP contribution in [-0.2, 0) is 6.42 Å². The first-order valence-electron chi connectivity index (χ1n) is 6.71. The lowest BCUT2D eigenvalue weighted by Gasteiger charge is -2.25.